The molecule has 4 aromatic carbocycles. The fourth-order valence-electron chi connectivity index (χ4n) is 12.7. The highest BCUT2D eigenvalue weighted by molar-refractivity contribution is 6.36. The minimum absolute atomic E-state index is 0.00416. The largest absolute Gasteiger partial charge is 0.508 e. The summed E-state index contributed by atoms with van der Waals surface area (Å²) < 4.78 is 8.10. The number of hydrogen-bond donors (Lipinski definition) is 3. The van der Waals surface area contributed by atoms with Gasteiger partial charge in [0.1, 0.15) is 23.9 Å². The Balaban J connectivity index is 0.687. The van der Waals surface area contributed by atoms with E-state index in [1.807, 2.05) is 50.2 Å². The van der Waals surface area contributed by atoms with Crippen molar-refractivity contribution in [2.75, 3.05) is 95.4 Å². The molecule has 4 fully saturated rings. The van der Waals surface area contributed by atoms with Crippen molar-refractivity contribution in [2.45, 2.75) is 83.1 Å². The number of fused-ring (bicyclic) bond motifs is 2. The maximum Gasteiger partial charge on any atom is 0.319 e. The molecule has 19 nitrogen and oxygen atoms in total. The van der Waals surface area contributed by atoms with Crippen molar-refractivity contribution < 1.29 is 29.6 Å². The fraction of sp³-hybridized carbons (Fsp3) is 0.450. The van der Waals surface area contributed by atoms with Crippen molar-refractivity contribution in [3.8, 4) is 46.7 Å². The van der Waals surface area contributed by atoms with Crippen molar-refractivity contribution in [1.29, 1.82) is 5.26 Å². The number of carbonyl (C=O) groups excluding carboxylic acids is 2. The molecule has 0 spiro atoms. The van der Waals surface area contributed by atoms with Gasteiger partial charge in [0.15, 0.2) is 5.82 Å². The molecule has 418 valence electrons. The molecule has 5 aliphatic rings. The number of aromatic hydroxyl groups is 3. The first-order valence-electron chi connectivity index (χ1n) is 28.0. The molecule has 0 unspecified atom stereocenters. The van der Waals surface area contributed by atoms with Gasteiger partial charge in [-0.1, -0.05) is 73.5 Å². The van der Waals surface area contributed by atoms with Crippen LogP contribution in [0.1, 0.15) is 67.8 Å². The number of phenols is 2. The summed E-state index contributed by atoms with van der Waals surface area (Å²) in [5, 5.41) is 52.5. The summed E-state index contributed by atoms with van der Waals surface area (Å²) in [6.45, 7) is 17.0. The first-order chi connectivity index (χ1) is 38.7. The lowest BCUT2D eigenvalue weighted by molar-refractivity contribution is -0.139. The van der Waals surface area contributed by atoms with Gasteiger partial charge in [0, 0.05) is 106 Å². The molecular weight excluding hydrogens is 1030 g/mol. The Morgan fingerprint density at radius 3 is 2.38 bits per heavy atom. The predicted molar refractivity (Wildman–Crippen MR) is 306 cm³/mol. The van der Waals surface area contributed by atoms with Crippen LogP contribution in [0.2, 0.25) is 5.02 Å². The van der Waals surface area contributed by atoms with Gasteiger partial charge >= 0.3 is 12.0 Å². The first kappa shape index (κ1) is 54.5. The number of likely N-dealkylation sites (tertiary alicyclic amines) is 2. The molecule has 0 saturated carbocycles. The van der Waals surface area contributed by atoms with Crippen molar-refractivity contribution in [3.63, 3.8) is 0 Å². The Bertz CT molecular complexity index is 3310. The molecule has 5 aliphatic heterocycles. The molecule has 3 N–H and O–H groups in total. The van der Waals surface area contributed by atoms with E-state index in [1.165, 1.54) is 16.7 Å². The highest BCUT2D eigenvalue weighted by Crippen LogP contribution is 2.41. The third-order valence-electron chi connectivity index (χ3n) is 17.2. The van der Waals surface area contributed by atoms with Crippen molar-refractivity contribution in [2.24, 2.45) is 5.92 Å². The van der Waals surface area contributed by atoms with Gasteiger partial charge in [-0.2, -0.15) is 15.2 Å². The van der Waals surface area contributed by atoms with E-state index >= 15 is 0 Å². The lowest BCUT2D eigenvalue weighted by Crippen LogP contribution is -2.55. The van der Waals surface area contributed by atoms with Crippen LogP contribution in [0.25, 0.3) is 27.8 Å². The monoisotopic (exact) mass is 1100 g/mol. The number of ether oxygens (including phenoxy) is 1. The second-order valence-corrected chi connectivity index (χ2v) is 22.8. The van der Waals surface area contributed by atoms with E-state index < -0.39 is 0 Å². The second kappa shape index (κ2) is 23.3. The Labute approximate surface area is 471 Å². The molecule has 20 heteroatoms. The Hall–Kier alpha value is -7.50. The molecule has 0 bridgehead atoms. The zero-order valence-electron chi connectivity index (χ0n) is 45.8. The summed E-state index contributed by atoms with van der Waals surface area (Å²) in [4.78, 5) is 52.7. The number of piperidine rings is 1. The molecular formula is C60H70ClN13O6. The molecule has 3 atom stereocenters. The number of piperazine rings is 2. The van der Waals surface area contributed by atoms with E-state index in [0.717, 1.165) is 97.6 Å². The normalized spacial score (nSPS) is 20.6. The van der Waals surface area contributed by atoms with Gasteiger partial charge in [-0.05, 0) is 105 Å². The fourth-order valence-corrected chi connectivity index (χ4v) is 13.0. The molecule has 2 aromatic heterocycles. The Morgan fingerprint density at radius 2 is 1.64 bits per heavy atom. The number of nitrogens with zero attached hydrogens (tertiary/aromatic N) is 13. The van der Waals surface area contributed by atoms with E-state index in [9.17, 15) is 30.2 Å². The first-order valence-corrected chi connectivity index (χ1v) is 28.4. The maximum absolute atomic E-state index is 14.0. The predicted octanol–water partition coefficient (Wildman–Crippen LogP) is 6.96. The quantitative estimate of drug-likeness (QED) is 0.0943. The molecule has 2 amide bonds. The number of benzene rings is 4. The van der Waals surface area contributed by atoms with Gasteiger partial charge in [-0.25, -0.2) is 4.57 Å². The number of anilines is 2. The van der Waals surface area contributed by atoms with E-state index in [1.54, 1.807) is 11.0 Å². The summed E-state index contributed by atoms with van der Waals surface area (Å²) in [5.74, 6) is 0.973. The number of carbonyl (C=O) groups is 2. The number of nitriles is 1. The smallest absolute Gasteiger partial charge is 0.319 e. The molecule has 0 aliphatic carbocycles. The van der Waals surface area contributed by atoms with Crippen molar-refractivity contribution >= 4 is 45.7 Å². The van der Waals surface area contributed by atoms with Crippen molar-refractivity contribution in [1.82, 2.24) is 49.2 Å². The zero-order valence-corrected chi connectivity index (χ0v) is 46.5. The van der Waals surface area contributed by atoms with E-state index in [2.05, 4.69) is 83.6 Å². The van der Waals surface area contributed by atoms with Crippen LogP contribution in [0.4, 0.5) is 11.5 Å². The number of aromatic nitrogens is 5. The minimum Gasteiger partial charge on any atom is -0.508 e. The molecule has 11 rings (SSSR count). The molecule has 6 aromatic rings. The highest BCUT2D eigenvalue weighted by Gasteiger charge is 2.39. The SMILES string of the molecule is C=CC(=O)N1CCN(c2nc(OC[C@@H]3C[C@H](N4CCC(C(=O)N5CCN(Cc6ccc(-n7c(O)nnc7-c7cc(C(C)C)c(O)cc7O)cc6)CC5)CC4)CN3C)nc3c2CCN(c2cccc4cccc(Cl)c24)C3)C[C@@H]1CC#N. The molecule has 80 heavy (non-hydrogen) atoms. The van der Waals surface area contributed by atoms with Crippen LogP contribution in [-0.4, -0.2) is 180 Å². The lowest BCUT2D eigenvalue weighted by Gasteiger charge is -2.42. The average Bonchev–Trinajstić information content (AvgIpc) is 4.10. The molecule has 4 saturated heterocycles. The molecule has 7 heterocycles. The van der Waals surface area contributed by atoms with Crippen LogP contribution in [0.3, 0.4) is 0 Å². The number of rotatable bonds is 14. The van der Waals surface area contributed by atoms with Gasteiger partial charge in [0.2, 0.25) is 11.8 Å². The van der Waals surface area contributed by atoms with Gasteiger partial charge < -0.3 is 39.7 Å². The number of halogens is 1. The lowest BCUT2D eigenvalue weighted by atomic mass is 9.93. The Morgan fingerprint density at radius 1 is 0.875 bits per heavy atom. The standard InChI is InChI=1S/C60H70ClN13O6/c1-5-54(77)73-29-28-72(35-43(73)16-20-62)56-46-19-23-71(51-11-7-9-40-8-6-10-49(61)55(40)51)36-50(46)63-59(64-56)80-37-45-30-44(34-67(45)4)69-21-17-41(18-22-69)58(78)70-26-24-68(25-27-70)33-39-12-14-42(15-13-39)74-57(65-66-60(74)79)48-31-47(38(2)3)52(75)32-53(48)76/h5-15,31-32,38,41,43-45,75-76H,1,16-19,21-30,33-37H2,2-4H3,(H,66,79)/t43-,44-,45-/m0/s1. The average molecular weight is 1100 g/mol. The summed E-state index contributed by atoms with van der Waals surface area (Å²) in [6, 6.07) is 25.5. The van der Waals surface area contributed by atoms with E-state index in [4.69, 9.17) is 26.3 Å². The summed E-state index contributed by atoms with van der Waals surface area (Å²) in [6.07, 6.45) is 4.81. The number of likely N-dealkylation sites (N-methyl/N-ethyl adjacent to an activating group) is 1. The minimum atomic E-state index is -0.314. The van der Waals surface area contributed by atoms with Crippen LogP contribution in [0.5, 0.6) is 23.5 Å². The summed E-state index contributed by atoms with van der Waals surface area (Å²) >= 11 is 6.83. The van der Waals surface area contributed by atoms with Crippen LogP contribution in [-0.2, 0) is 29.1 Å². The summed E-state index contributed by atoms with van der Waals surface area (Å²) in [5.41, 5.74) is 5.71. The van der Waals surface area contributed by atoms with Crippen LogP contribution in [0.15, 0.2) is 85.5 Å². The topological polar surface area (TPSA) is 207 Å². The summed E-state index contributed by atoms with van der Waals surface area (Å²) in [7, 11) is 2.15. The maximum atomic E-state index is 14.0. The number of hydrogen-bond acceptors (Lipinski definition) is 16. The number of amides is 2. The van der Waals surface area contributed by atoms with Gasteiger partial charge in [-0.3, -0.25) is 24.3 Å². The second-order valence-electron chi connectivity index (χ2n) is 22.4. The van der Waals surface area contributed by atoms with Gasteiger partial charge in [0.25, 0.3) is 0 Å². The van der Waals surface area contributed by atoms with Gasteiger partial charge in [0.05, 0.1) is 47.0 Å². The Kier molecular flexibility index (Phi) is 15.9. The zero-order chi connectivity index (χ0) is 55.8. The van der Waals surface area contributed by atoms with Crippen LogP contribution >= 0.6 is 11.6 Å². The highest BCUT2D eigenvalue weighted by atomic mass is 35.5. The van der Waals surface area contributed by atoms with Crippen molar-refractivity contribution in [3.05, 3.63) is 113 Å². The third kappa shape index (κ3) is 11.1. The number of phenolic OH excluding ortho intramolecular Hbond substituents is 2. The molecule has 0 radical (unpaired) electrons. The van der Waals surface area contributed by atoms with Crippen LogP contribution < -0.4 is 14.5 Å². The van der Waals surface area contributed by atoms with Gasteiger partial charge in [-0.15, -0.1) is 5.10 Å². The van der Waals surface area contributed by atoms with E-state index in [-0.39, 0.29) is 65.5 Å². The van der Waals surface area contributed by atoms with Crippen LogP contribution in [0, 0.1) is 17.2 Å². The van der Waals surface area contributed by atoms with E-state index in [0.29, 0.717) is 92.7 Å². The third-order valence-corrected chi connectivity index (χ3v) is 17.5.